The number of carbonyl (C=O) groups is 1. The molecule has 0 atom stereocenters. The third-order valence-corrected chi connectivity index (χ3v) is 8.52. The van der Waals surface area contributed by atoms with Crippen LogP contribution in [0.15, 0.2) is 48.9 Å². The molecule has 0 unspecified atom stereocenters. The van der Waals surface area contributed by atoms with Crippen LogP contribution in [0.2, 0.25) is 12.1 Å². The Morgan fingerprint density at radius 3 is 2.63 bits per heavy atom. The van der Waals surface area contributed by atoms with Crippen LogP contribution in [0, 0.1) is 5.82 Å². The van der Waals surface area contributed by atoms with E-state index in [1.54, 1.807) is 22.8 Å². The minimum atomic E-state index is -0.575. The van der Waals surface area contributed by atoms with Crippen molar-refractivity contribution < 1.29 is 9.18 Å². The molecule has 1 aliphatic heterocycles. The molecule has 4 heterocycles. The van der Waals surface area contributed by atoms with Crippen molar-refractivity contribution in [3.8, 4) is 11.1 Å². The van der Waals surface area contributed by atoms with Gasteiger partial charge in [-0.25, -0.2) is 23.7 Å². The zero-order valence-electron chi connectivity index (χ0n) is 22.0. The number of aromatic nitrogens is 4. The zero-order valence-corrected chi connectivity index (χ0v) is 23.4. The first kappa shape index (κ1) is 25.8. The van der Waals surface area contributed by atoms with Gasteiger partial charge < -0.3 is 11.1 Å². The maximum Gasteiger partial charge on any atom is 0.324 e. The third-order valence-electron chi connectivity index (χ3n) is 6.89. The molecular formula is C27H33FN8OSi. The molecule has 1 aliphatic rings. The van der Waals surface area contributed by atoms with Crippen LogP contribution in [0.25, 0.3) is 16.6 Å². The molecule has 1 fully saturated rings. The molecule has 3 aromatic heterocycles. The summed E-state index contributed by atoms with van der Waals surface area (Å²) in [5.74, 6) is 0.164. The van der Waals surface area contributed by atoms with E-state index in [9.17, 15) is 4.79 Å². The molecule has 0 radical (unpaired) electrons. The fourth-order valence-corrected chi connectivity index (χ4v) is 6.53. The van der Waals surface area contributed by atoms with Crippen molar-refractivity contribution in [1.29, 1.82) is 0 Å². The van der Waals surface area contributed by atoms with Crippen LogP contribution in [-0.2, 0) is 12.0 Å². The molecule has 0 spiro atoms. The first-order valence-electron chi connectivity index (χ1n) is 12.9. The van der Waals surface area contributed by atoms with Gasteiger partial charge in [0.2, 0.25) is 0 Å². The van der Waals surface area contributed by atoms with E-state index >= 15 is 4.39 Å². The van der Waals surface area contributed by atoms with Gasteiger partial charge in [0.15, 0.2) is 5.82 Å². The second-order valence-corrected chi connectivity index (χ2v) is 12.9. The van der Waals surface area contributed by atoms with Gasteiger partial charge in [0, 0.05) is 27.8 Å². The highest BCUT2D eigenvalue weighted by molar-refractivity contribution is 6.35. The lowest BCUT2D eigenvalue weighted by molar-refractivity contribution is 0.262. The van der Waals surface area contributed by atoms with Crippen LogP contribution < -0.4 is 16.4 Å². The fourth-order valence-electron chi connectivity index (χ4n) is 4.83. The van der Waals surface area contributed by atoms with Crippen LogP contribution in [0.3, 0.4) is 0 Å². The van der Waals surface area contributed by atoms with E-state index in [1.165, 1.54) is 24.5 Å². The second-order valence-electron chi connectivity index (χ2n) is 10.7. The number of pyridine rings is 1. The maximum absolute atomic E-state index is 15.2. The van der Waals surface area contributed by atoms with Crippen molar-refractivity contribution in [2.24, 2.45) is 0 Å². The van der Waals surface area contributed by atoms with E-state index in [0.717, 1.165) is 36.5 Å². The Labute approximate surface area is 223 Å². The molecule has 1 aromatic carbocycles. The topological polar surface area (TPSA) is 113 Å². The van der Waals surface area contributed by atoms with Gasteiger partial charge in [-0.05, 0) is 60.0 Å². The average molecular weight is 533 g/mol. The van der Waals surface area contributed by atoms with Gasteiger partial charge in [-0.15, -0.1) is 0 Å². The number of hydrogen-bond donors (Lipinski definition) is 3. The normalized spacial score (nSPS) is 14.5. The summed E-state index contributed by atoms with van der Waals surface area (Å²) in [5.41, 5.74) is 10.3. The van der Waals surface area contributed by atoms with E-state index in [2.05, 4.69) is 51.4 Å². The van der Waals surface area contributed by atoms with Crippen molar-refractivity contribution in [1.82, 2.24) is 24.5 Å². The standard InChI is InChI=1S/C27H33FN8OSi/c1-27(2,3)18-6-7-30-23(13-18)34-26(37)33-22-5-4-17(12-21(22)28)20-14-19(15-35-8-10-38-11-9-35)36-24(20)25(29)31-16-32-36/h4-7,12-14,16H,8-11,15,38H2,1-3H3,(H2,29,31,32)(H2,30,33,34,37). The quantitative estimate of drug-likeness (QED) is 0.331. The lowest BCUT2D eigenvalue weighted by Crippen LogP contribution is -2.31. The molecule has 0 saturated carbocycles. The Morgan fingerprint density at radius 2 is 1.89 bits per heavy atom. The number of rotatable bonds is 5. The molecule has 0 aliphatic carbocycles. The number of halogens is 1. The Balaban J connectivity index is 1.37. The predicted molar refractivity (Wildman–Crippen MR) is 152 cm³/mol. The number of carbonyl (C=O) groups excluding carboxylic acids is 1. The SMILES string of the molecule is CC(C)(C)c1ccnc(NC(=O)Nc2ccc(-c3cc(CN4CC[SiH2]CC4)n4ncnc(N)c34)cc2F)c1. The number of nitrogens with two attached hydrogens (primary N) is 1. The smallest absolute Gasteiger partial charge is 0.324 e. The number of hydrogen-bond acceptors (Lipinski definition) is 6. The van der Waals surface area contributed by atoms with Crippen LogP contribution in [0.4, 0.5) is 26.5 Å². The van der Waals surface area contributed by atoms with Crippen molar-refractivity contribution in [3.05, 3.63) is 66.0 Å². The summed E-state index contributed by atoms with van der Waals surface area (Å²) in [5, 5.41) is 9.70. The first-order chi connectivity index (χ1) is 18.2. The minimum Gasteiger partial charge on any atom is -0.382 e. The molecule has 9 nitrogen and oxygen atoms in total. The number of nitrogens with zero attached hydrogens (tertiary/aromatic N) is 5. The summed E-state index contributed by atoms with van der Waals surface area (Å²) < 4.78 is 17.0. The summed E-state index contributed by atoms with van der Waals surface area (Å²) in [6, 6.07) is 12.5. The van der Waals surface area contributed by atoms with Crippen LogP contribution in [-0.4, -0.2) is 53.1 Å². The van der Waals surface area contributed by atoms with E-state index in [0.29, 0.717) is 22.7 Å². The number of urea groups is 1. The molecule has 0 bridgehead atoms. The second kappa shape index (κ2) is 10.5. The highest BCUT2D eigenvalue weighted by atomic mass is 28.2. The third kappa shape index (κ3) is 5.53. The van der Waals surface area contributed by atoms with E-state index in [1.807, 2.05) is 18.2 Å². The van der Waals surface area contributed by atoms with Crippen LogP contribution in [0.1, 0.15) is 32.0 Å². The molecule has 4 aromatic rings. The number of fused-ring (bicyclic) bond motifs is 1. The van der Waals surface area contributed by atoms with E-state index in [4.69, 9.17) is 5.73 Å². The average Bonchev–Trinajstić information content (AvgIpc) is 3.25. The van der Waals surface area contributed by atoms with E-state index in [-0.39, 0.29) is 20.6 Å². The summed E-state index contributed by atoms with van der Waals surface area (Å²) in [4.78, 5) is 23.4. The summed E-state index contributed by atoms with van der Waals surface area (Å²) in [6.07, 6.45) is 3.08. The molecule has 4 N–H and O–H groups in total. The molecular weight excluding hydrogens is 499 g/mol. The Kier molecular flexibility index (Phi) is 7.13. The van der Waals surface area contributed by atoms with Gasteiger partial charge in [-0.2, -0.15) is 5.10 Å². The highest BCUT2D eigenvalue weighted by Crippen LogP contribution is 2.33. The van der Waals surface area contributed by atoms with Gasteiger partial charge in [-0.3, -0.25) is 10.2 Å². The maximum atomic E-state index is 15.2. The molecule has 1 saturated heterocycles. The summed E-state index contributed by atoms with van der Waals surface area (Å²) in [7, 11) is 0.0879. The molecule has 38 heavy (non-hydrogen) atoms. The fraction of sp³-hybridized carbons (Fsp3) is 0.333. The van der Waals surface area contributed by atoms with Crippen molar-refractivity contribution in [2.75, 3.05) is 29.5 Å². The largest absolute Gasteiger partial charge is 0.382 e. The minimum absolute atomic E-state index is 0.0590. The van der Waals surface area contributed by atoms with Crippen molar-refractivity contribution >= 4 is 38.4 Å². The monoisotopic (exact) mass is 532 g/mol. The van der Waals surface area contributed by atoms with E-state index < -0.39 is 11.8 Å². The Hall–Kier alpha value is -3.83. The number of benzene rings is 1. The van der Waals surface area contributed by atoms with Gasteiger partial charge >= 0.3 is 6.03 Å². The summed E-state index contributed by atoms with van der Waals surface area (Å²) in [6.45, 7) is 9.18. The van der Waals surface area contributed by atoms with Gasteiger partial charge in [0.1, 0.15) is 23.5 Å². The lowest BCUT2D eigenvalue weighted by atomic mass is 9.88. The zero-order chi connectivity index (χ0) is 26.9. The number of nitrogen functional groups attached to an aromatic ring is 1. The molecule has 11 heteroatoms. The molecule has 5 rings (SSSR count). The van der Waals surface area contributed by atoms with Crippen molar-refractivity contribution in [2.45, 2.75) is 44.8 Å². The van der Waals surface area contributed by atoms with Crippen LogP contribution >= 0.6 is 0 Å². The predicted octanol–water partition coefficient (Wildman–Crippen LogP) is 4.28. The highest BCUT2D eigenvalue weighted by Gasteiger charge is 2.20. The van der Waals surface area contributed by atoms with Crippen LogP contribution in [0.5, 0.6) is 0 Å². The number of anilines is 3. The lowest BCUT2D eigenvalue weighted by Gasteiger charge is -2.25. The van der Waals surface area contributed by atoms with Gasteiger partial charge in [0.05, 0.1) is 11.4 Å². The molecule has 2 amide bonds. The molecule has 198 valence electrons. The Morgan fingerprint density at radius 1 is 1.11 bits per heavy atom. The number of amides is 2. The van der Waals surface area contributed by atoms with Crippen molar-refractivity contribution in [3.63, 3.8) is 0 Å². The Bertz CT molecular complexity index is 1480. The number of nitrogens with one attached hydrogen (secondary N) is 2. The van der Waals surface area contributed by atoms with Gasteiger partial charge in [-0.1, -0.05) is 38.9 Å². The summed E-state index contributed by atoms with van der Waals surface area (Å²) >= 11 is 0. The first-order valence-corrected chi connectivity index (χ1v) is 14.9. The van der Waals surface area contributed by atoms with Gasteiger partial charge in [0.25, 0.3) is 0 Å².